The number of nitrogens with two attached hydrogens (primary N) is 1. The molecule has 0 radical (unpaired) electrons. The maximum atomic E-state index is 11.9. The minimum atomic E-state index is -0.157. The van der Waals surface area contributed by atoms with Crippen LogP contribution < -0.4 is 15.8 Å². The Hall–Kier alpha value is -2.43. The Morgan fingerprint density at radius 1 is 1.35 bits per heavy atom. The number of hydrogen-bond acceptors (Lipinski definition) is 4. The molecule has 0 aliphatic rings. The van der Waals surface area contributed by atoms with E-state index >= 15 is 0 Å². The molecule has 0 aliphatic carbocycles. The molecule has 1 heterocycles. The van der Waals surface area contributed by atoms with Crippen LogP contribution >= 0.6 is 0 Å². The van der Waals surface area contributed by atoms with E-state index in [1.54, 1.807) is 25.1 Å². The number of furan rings is 1. The molecule has 5 nitrogen and oxygen atoms in total. The average Bonchev–Trinajstić information content (AvgIpc) is 2.74. The summed E-state index contributed by atoms with van der Waals surface area (Å²) >= 11 is 0. The summed E-state index contributed by atoms with van der Waals surface area (Å²) in [5, 5.41) is 2.78. The SMILES string of the molecule is Cc1cc(C(=O)NCCOc2cccc(N)c2)c(C)o1. The number of amides is 1. The maximum Gasteiger partial charge on any atom is 0.254 e. The van der Waals surface area contributed by atoms with Gasteiger partial charge < -0.3 is 20.2 Å². The predicted octanol–water partition coefficient (Wildman–Crippen LogP) is 2.29. The van der Waals surface area contributed by atoms with E-state index in [4.69, 9.17) is 14.9 Å². The average molecular weight is 274 g/mol. The molecule has 3 N–H and O–H groups in total. The molecular formula is C15H18N2O3. The minimum Gasteiger partial charge on any atom is -0.492 e. The molecule has 0 fully saturated rings. The zero-order valence-corrected chi connectivity index (χ0v) is 11.6. The van der Waals surface area contributed by atoms with E-state index in [1.807, 2.05) is 19.1 Å². The van der Waals surface area contributed by atoms with Gasteiger partial charge in [-0.3, -0.25) is 4.79 Å². The van der Waals surface area contributed by atoms with Gasteiger partial charge >= 0.3 is 0 Å². The number of benzene rings is 1. The molecule has 1 amide bonds. The van der Waals surface area contributed by atoms with Crippen molar-refractivity contribution in [2.24, 2.45) is 0 Å². The molecular weight excluding hydrogens is 256 g/mol. The summed E-state index contributed by atoms with van der Waals surface area (Å²) in [5.41, 5.74) is 6.86. The first kappa shape index (κ1) is 14.0. The quantitative estimate of drug-likeness (QED) is 0.647. The Bertz CT molecular complexity index is 605. The van der Waals surface area contributed by atoms with Crippen molar-refractivity contribution in [1.29, 1.82) is 0 Å². The molecule has 20 heavy (non-hydrogen) atoms. The van der Waals surface area contributed by atoms with Crippen molar-refractivity contribution in [2.45, 2.75) is 13.8 Å². The Balaban J connectivity index is 1.79. The van der Waals surface area contributed by atoms with Gasteiger partial charge in [0.1, 0.15) is 23.9 Å². The van der Waals surface area contributed by atoms with Gasteiger partial charge in [-0.25, -0.2) is 0 Å². The summed E-state index contributed by atoms with van der Waals surface area (Å²) < 4.78 is 10.8. The summed E-state index contributed by atoms with van der Waals surface area (Å²) in [7, 11) is 0. The van der Waals surface area contributed by atoms with Crippen LogP contribution in [-0.4, -0.2) is 19.1 Å². The van der Waals surface area contributed by atoms with Gasteiger partial charge in [-0.1, -0.05) is 6.07 Å². The van der Waals surface area contributed by atoms with Crippen LogP contribution in [0, 0.1) is 13.8 Å². The molecule has 5 heteroatoms. The molecule has 0 saturated heterocycles. The van der Waals surface area contributed by atoms with E-state index in [2.05, 4.69) is 5.32 Å². The number of ether oxygens (including phenoxy) is 1. The number of carbonyl (C=O) groups excluding carboxylic acids is 1. The number of rotatable bonds is 5. The van der Waals surface area contributed by atoms with Gasteiger partial charge in [-0.05, 0) is 32.0 Å². The molecule has 0 aliphatic heterocycles. The van der Waals surface area contributed by atoms with E-state index in [0.29, 0.717) is 35.9 Å². The molecule has 1 aromatic carbocycles. The Kier molecular flexibility index (Phi) is 4.30. The zero-order chi connectivity index (χ0) is 14.5. The van der Waals surface area contributed by atoms with Crippen LogP contribution in [0.25, 0.3) is 0 Å². The van der Waals surface area contributed by atoms with E-state index < -0.39 is 0 Å². The molecule has 0 spiro atoms. The first-order valence-electron chi connectivity index (χ1n) is 6.40. The second kappa shape index (κ2) is 6.14. The highest BCUT2D eigenvalue weighted by Gasteiger charge is 2.12. The molecule has 0 saturated carbocycles. The van der Waals surface area contributed by atoms with Crippen molar-refractivity contribution in [1.82, 2.24) is 5.32 Å². The highest BCUT2D eigenvalue weighted by Crippen LogP contribution is 2.14. The van der Waals surface area contributed by atoms with Crippen molar-refractivity contribution < 1.29 is 13.9 Å². The highest BCUT2D eigenvalue weighted by atomic mass is 16.5. The van der Waals surface area contributed by atoms with Gasteiger partial charge in [0.25, 0.3) is 5.91 Å². The number of aryl methyl sites for hydroxylation is 2. The van der Waals surface area contributed by atoms with Crippen LogP contribution in [-0.2, 0) is 0 Å². The van der Waals surface area contributed by atoms with Crippen molar-refractivity contribution in [3.8, 4) is 5.75 Å². The lowest BCUT2D eigenvalue weighted by Crippen LogP contribution is -2.28. The normalized spacial score (nSPS) is 10.3. The van der Waals surface area contributed by atoms with Gasteiger partial charge in [-0.15, -0.1) is 0 Å². The number of hydrogen-bond donors (Lipinski definition) is 2. The number of anilines is 1. The van der Waals surface area contributed by atoms with Crippen molar-refractivity contribution in [3.63, 3.8) is 0 Å². The summed E-state index contributed by atoms with van der Waals surface area (Å²) in [5.74, 6) is 1.88. The largest absolute Gasteiger partial charge is 0.492 e. The highest BCUT2D eigenvalue weighted by molar-refractivity contribution is 5.95. The molecule has 1 aromatic heterocycles. The second-order valence-corrected chi connectivity index (χ2v) is 4.50. The first-order chi connectivity index (χ1) is 9.56. The minimum absolute atomic E-state index is 0.157. The molecule has 2 aromatic rings. The summed E-state index contributed by atoms with van der Waals surface area (Å²) in [4.78, 5) is 11.9. The van der Waals surface area contributed by atoms with Gasteiger partial charge in [0.05, 0.1) is 12.1 Å². The van der Waals surface area contributed by atoms with Gasteiger partial charge in [0.15, 0.2) is 0 Å². The Labute approximate surface area is 117 Å². The fourth-order valence-corrected chi connectivity index (χ4v) is 1.89. The topological polar surface area (TPSA) is 77.5 Å². The summed E-state index contributed by atoms with van der Waals surface area (Å²) in [6, 6.07) is 8.90. The Morgan fingerprint density at radius 2 is 2.15 bits per heavy atom. The maximum absolute atomic E-state index is 11.9. The summed E-state index contributed by atoms with van der Waals surface area (Å²) in [6.07, 6.45) is 0. The Morgan fingerprint density at radius 3 is 2.80 bits per heavy atom. The van der Waals surface area contributed by atoms with Crippen LogP contribution in [0.3, 0.4) is 0 Å². The lowest BCUT2D eigenvalue weighted by molar-refractivity contribution is 0.0945. The van der Waals surface area contributed by atoms with Crippen LogP contribution in [0.15, 0.2) is 34.7 Å². The third kappa shape index (κ3) is 3.54. The number of nitrogens with one attached hydrogen (secondary N) is 1. The molecule has 2 rings (SSSR count). The van der Waals surface area contributed by atoms with Gasteiger partial charge in [0, 0.05) is 11.8 Å². The summed E-state index contributed by atoms with van der Waals surface area (Å²) in [6.45, 7) is 4.38. The van der Waals surface area contributed by atoms with Crippen molar-refractivity contribution in [2.75, 3.05) is 18.9 Å². The van der Waals surface area contributed by atoms with Crippen LogP contribution in [0.2, 0.25) is 0 Å². The van der Waals surface area contributed by atoms with E-state index in [-0.39, 0.29) is 5.91 Å². The van der Waals surface area contributed by atoms with Gasteiger partial charge in [0.2, 0.25) is 0 Å². The van der Waals surface area contributed by atoms with Crippen LogP contribution in [0.5, 0.6) is 5.75 Å². The van der Waals surface area contributed by atoms with Crippen LogP contribution in [0.4, 0.5) is 5.69 Å². The van der Waals surface area contributed by atoms with E-state index in [1.165, 1.54) is 0 Å². The predicted molar refractivity (Wildman–Crippen MR) is 76.9 cm³/mol. The standard InChI is InChI=1S/C15H18N2O3/c1-10-8-14(11(2)20-10)15(18)17-6-7-19-13-5-3-4-12(16)9-13/h3-5,8-9H,6-7,16H2,1-2H3,(H,17,18). The second-order valence-electron chi connectivity index (χ2n) is 4.50. The molecule has 106 valence electrons. The number of carbonyl (C=O) groups is 1. The lowest BCUT2D eigenvalue weighted by atomic mass is 10.2. The van der Waals surface area contributed by atoms with E-state index in [9.17, 15) is 4.79 Å². The third-order valence-electron chi connectivity index (χ3n) is 2.80. The lowest BCUT2D eigenvalue weighted by Gasteiger charge is -2.07. The van der Waals surface area contributed by atoms with E-state index in [0.717, 1.165) is 5.76 Å². The first-order valence-corrected chi connectivity index (χ1v) is 6.40. The molecule has 0 bridgehead atoms. The fraction of sp³-hybridized carbons (Fsp3) is 0.267. The van der Waals surface area contributed by atoms with Crippen molar-refractivity contribution >= 4 is 11.6 Å². The smallest absolute Gasteiger partial charge is 0.254 e. The molecule has 0 atom stereocenters. The fourth-order valence-electron chi connectivity index (χ4n) is 1.89. The monoisotopic (exact) mass is 274 g/mol. The number of nitrogen functional groups attached to an aromatic ring is 1. The van der Waals surface area contributed by atoms with Crippen molar-refractivity contribution in [3.05, 3.63) is 47.4 Å². The van der Waals surface area contributed by atoms with Gasteiger partial charge in [-0.2, -0.15) is 0 Å². The van der Waals surface area contributed by atoms with Crippen LogP contribution in [0.1, 0.15) is 21.9 Å². The molecule has 0 unspecified atom stereocenters. The third-order valence-corrected chi connectivity index (χ3v) is 2.80. The zero-order valence-electron chi connectivity index (χ0n) is 11.6.